The summed E-state index contributed by atoms with van der Waals surface area (Å²) in [5.74, 6) is -1.12. The number of rotatable bonds is 20. The number of thioether (sulfide) groups is 1. The monoisotopic (exact) mass is 859 g/mol. The summed E-state index contributed by atoms with van der Waals surface area (Å²) in [5.41, 5.74) is 8.27. The molecule has 0 fully saturated rings. The van der Waals surface area contributed by atoms with E-state index in [0.717, 1.165) is 44.5 Å². The summed E-state index contributed by atoms with van der Waals surface area (Å²) in [6, 6.07) is 54.1. The maximum atomic E-state index is 14.6. The Morgan fingerprint density at radius 1 is 0.587 bits per heavy atom. The summed E-state index contributed by atoms with van der Waals surface area (Å²) in [6.07, 6.45) is 1.73. The molecule has 0 saturated carbocycles. The Balaban J connectivity index is 1.14. The van der Waals surface area contributed by atoms with Gasteiger partial charge >= 0.3 is 12.1 Å². The van der Waals surface area contributed by atoms with Crippen molar-refractivity contribution < 1.29 is 28.7 Å². The highest BCUT2D eigenvalue weighted by Gasteiger charge is 2.39. The van der Waals surface area contributed by atoms with E-state index in [0.29, 0.717) is 32.2 Å². The topological polar surface area (TPSA) is 123 Å². The Bertz CT molecular complexity index is 2290. The van der Waals surface area contributed by atoms with Gasteiger partial charge in [0.15, 0.2) is 0 Å². The Morgan fingerprint density at radius 3 is 1.63 bits per heavy atom. The molecule has 10 heteroatoms. The number of unbranched alkanes of at least 4 members (excludes halogenated alkanes) is 2. The van der Waals surface area contributed by atoms with Crippen LogP contribution in [0.15, 0.2) is 170 Å². The molecule has 0 unspecified atom stereocenters. The van der Waals surface area contributed by atoms with Gasteiger partial charge < -0.3 is 25.4 Å². The van der Waals surface area contributed by atoms with Gasteiger partial charge in [-0.3, -0.25) is 14.4 Å². The fraction of sp³-hybridized carbons (Fsp3) is 0.245. The van der Waals surface area contributed by atoms with Crippen molar-refractivity contribution in [2.75, 3.05) is 26.0 Å². The van der Waals surface area contributed by atoms with Gasteiger partial charge in [0.2, 0.25) is 11.8 Å². The third kappa shape index (κ3) is 11.1. The van der Waals surface area contributed by atoms with Crippen LogP contribution in [-0.4, -0.2) is 62.0 Å². The van der Waals surface area contributed by atoms with Gasteiger partial charge in [0.1, 0.15) is 18.7 Å². The lowest BCUT2D eigenvalue weighted by Crippen LogP contribution is -2.55. The van der Waals surface area contributed by atoms with Gasteiger partial charge in [-0.25, -0.2) is 4.79 Å². The number of nitrogens with one attached hydrogen (secondary N) is 3. The average molecular weight is 860 g/mol. The minimum atomic E-state index is -1.07. The zero-order chi connectivity index (χ0) is 43.9. The fourth-order valence-electron chi connectivity index (χ4n) is 8.28. The Kier molecular flexibility index (Phi) is 15.5. The molecule has 0 aromatic heterocycles. The molecule has 1 aliphatic carbocycles. The van der Waals surface area contributed by atoms with Crippen LogP contribution in [0, 0.1) is 0 Å². The van der Waals surface area contributed by atoms with Crippen molar-refractivity contribution in [2.24, 2.45) is 0 Å². The molecule has 2 atom stereocenters. The lowest BCUT2D eigenvalue weighted by molar-refractivity contribution is -0.140. The van der Waals surface area contributed by atoms with Gasteiger partial charge in [-0.05, 0) is 57.3 Å². The van der Waals surface area contributed by atoms with Gasteiger partial charge in [-0.2, -0.15) is 0 Å². The quantitative estimate of drug-likeness (QED) is 0.0398. The van der Waals surface area contributed by atoms with Gasteiger partial charge in [0.25, 0.3) is 0 Å². The van der Waals surface area contributed by atoms with E-state index in [1.165, 1.54) is 7.11 Å². The molecule has 0 spiro atoms. The second-order valence-corrected chi connectivity index (χ2v) is 16.8. The summed E-state index contributed by atoms with van der Waals surface area (Å²) in [7, 11) is 1.37. The summed E-state index contributed by atoms with van der Waals surface area (Å²) >= 11 is 1.56. The first-order valence-electron chi connectivity index (χ1n) is 21.5. The molecule has 0 aliphatic heterocycles. The summed E-state index contributed by atoms with van der Waals surface area (Å²) in [6.45, 7) is 0.436. The SMILES string of the molecule is COC(=O)CCCCCNC(=O)[C@@H](CSC(c1ccccc1)(c1ccccc1)c1ccccc1)NC(=O)[C@@H](Cc1ccccc1)NC(=O)OCC1c2ccccc2-c2ccccc21. The van der Waals surface area contributed by atoms with Gasteiger partial charge in [0, 0.05) is 31.1 Å². The number of hydrogen-bond donors (Lipinski definition) is 3. The van der Waals surface area contributed by atoms with E-state index >= 15 is 0 Å². The van der Waals surface area contributed by atoms with Gasteiger partial charge in [0.05, 0.1) is 11.9 Å². The molecule has 3 N–H and O–H groups in total. The van der Waals surface area contributed by atoms with Crippen LogP contribution in [0.2, 0.25) is 0 Å². The molecule has 322 valence electrons. The smallest absolute Gasteiger partial charge is 0.407 e. The molecular formula is C53H53N3O6S. The summed E-state index contributed by atoms with van der Waals surface area (Å²) < 4.78 is 9.93. The van der Waals surface area contributed by atoms with Crippen molar-refractivity contribution in [3.8, 4) is 11.1 Å². The van der Waals surface area contributed by atoms with E-state index in [1.807, 2.05) is 109 Å². The predicted octanol–water partition coefficient (Wildman–Crippen LogP) is 9.20. The lowest BCUT2D eigenvalue weighted by atomic mass is 9.84. The molecule has 0 radical (unpaired) electrons. The highest BCUT2D eigenvalue weighted by molar-refractivity contribution is 8.00. The van der Waals surface area contributed by atoms with Crippen molar-refractivity contribution in [3.63, 3.8) is 0 Å². The van der Waals surface area contributed by atoms with Crippen LogP contribution in [0.1, 0.15) is 65.0 Å². The van der Waals surface area contributed by atoms with Crippen molar-refractivity contribution in [1.29, 1.82) is 0 Å². The average Bonchev–Trinajstić information content (AvgIpc) is 3.66. The molecule has 6 aromatic rings. The predicted molar refractivity (Wildman–Crippen MR) is 249 cm³/mol. The minimum absolute atomic E-state index is 0.0847. The lowest BCUT2D eigenvalue weighted by Gasteiger charge is -2.36. The molecule has 1 aliphatic rings. The van der Waals surface area contributed by atoms with Crippen LogP contribution < -0.4 is 16.0 Å². The summed E-state index contributed by atoms with van der Waals surface area (Å²) in [5, 5.41) is 8.97. The molecule has 63 heavy (non-hydrogen) atoms. The second-order valence-electron chi connectivity index (χ2n) is 15.5. The number of methoxy groups -OCH3 is 1. The number of carbonyl (C=O) groups excluding carboxylic acids is 4. The van der Waals surface area contributed by atoms with Crippen LogP contribution in [0.4, 0.5) is 4.79 Å². The zero-order valence-corrected chi connectivity index (χ0v) is 36.2. The number of carbonyl (C=O) groups is 4. The summed E-state index contributed by atoms with van der Waals surface area (Å²) in [4.78, 5) is 54.3. The van der Waals surface area contributed by atoms with E-state index in [-0.39, 0.29) is 36.6 Å². The molecule has 3 amide bonds. The second kappa shape index (κ2) is 21.9. The van der Waals surface area contributed by atoms with E-state index in [1.54, 1.807) is 11.8 Å². The maximum absolute atomic E-state index is 14.6. The van der Waals surface area contributed by atoms with E-state index in [9.17, 15) is 19.2 Å². The molecule has 7 rings (SSSR count). The van der Waals surface area contributed by atoms with E-state index in [2.05, 4.69) is 76.6 Å². The van der Waals surface area contributed by atoms with Crippen molar-refractivity contribution >= 4 is 35.6 Å². The zero-order valence-electron chi connectivity index (χ0n) is 35.4. The third-order valence-corrected chi connectivity index (χ3v) is 13.1. The maximum Gasteiger partial charge on any atom is 0.407 e. The van der Waals surface area contributed by atoms with Crippen LogP contribution >= 0.6 is 11.8 Å². The molecule has 0 bridgehead atoms. The molecule has 0 saturated heterocycles. The molecule has 9 nitrogen and oxygen atoms in total. The number of hydrogen-bond acceptors (Lipinski definition) is 7. The van der Waals surface area contributed by atoms with E-state index in [4.69, 9.17) is 9.47 Å². The number of ether oxygens (including phenoxy) is 2. The number of esters is 1. The normalized spacial score (nSPS) is 12.8. The highest BCUT2D eigenvalue weighted by Crippen LogP contribution is 2.49. The standard InChI is InChI=1S/C53H53N3O6S/c1-61-49(57)33-15-6-20-34-54-50(58)48(37-63-53(39-23-9-3-10-24-39,40-25-11-4-12-26-40)41-27-13-5-14-28-41)55-51(59)47(35-38-21-7-2-8-22-38)56-52(60)62-36-46-44-31-18-16-29-42(44)43-30-17-19-32-45(43)46/h2-5,7-14,16-19,21-32,46-48H,6,15,20,33-37H2,1H3,(H,54,58)(H,55,59)(H,56,60)/t47-,48-/m1/s1. The first-order valence-corrected chi connectivity index (χ1v) is 22.5. The van der Waals surface area contributed by atoms with Crippen molar-refractivity contribution in [3.05, 3.63) is 203 Å². The Morgan fingerprint density at radius 2 is 1.10 bits per heavy atom. The molecule has 6 aromatic carbocycles. The third-order valence-electron chi connectivity index (χ3n) is 11.5. The first-order chi connectivity index (χ1) is 30.9. The largest absolute Gasteiger partial charge is 0.469 e. The van der Waals surface area contributed by atoms with Gasteiger partial charge in [-0.1, -0.05) is 176 Å². The fourth-order valence-corrected chi connectivity index (χ4v) is 9.84. The Labute approximate surface area is 374 Å². The van der Waals surface area contributed by atoms with Crippen LogP contribution in [0.3, 0.4) is 0 Å². The number of alkyl carbamates (subject to hydrolysis) is 1. The van der Waals surface area contributed by atoms with Gasteiger partial charge in [-0.15, -0.1) is 11.8 Å². The highest BCUT2D eigenvalue weighted by atomic mass is 32.2. The van der Waals surface area contributed by atoms with Crippen molar-refractivity contribution in [2.45, 2.75) is 54.9 Å². The number of fused-ring (bicyclic) bond motifs is 3. The number of benzene rings is 6. The van der Waals surface area contributed by atoms with E-state index < -0.39 is 28.8 Å². The Hall–Kier alpha value is -6.65. The van der Waals surface area contributed by atoms with Crippen LogP contribution in [-0.2, 0) is 35.0 Å². The van der Waals surface area contributed by atoms with Crippen LogP contribution in [0.5, 0.6) is 0 Å². The molecular weight excluding hydrogens is 807 g/mol. The van der Waals surface area contributed by atoms with Crippen molar-refractivity contribution in [1.82, 2.24) is 16.0 Å². The minimum Gasteiger partial charge on any atom is -0.469 e. The van der Waals surface area contributed by atoms with Crippen LogP contribution in [0.25, 0.3) is 11.1 Å². The number of amides is 3. The first kappa shape index (κ1) is 44.4. The molecule has 0 heterocycles.